The molecule has 11 heteroatoms. The third-order valence-corrected chi connectivity index (χ3v) is 3.27. The standard InChI is InChI=1S/C10H7F6N3OS/c1-3-2-4-5(18-8(17)19-6(4)21-3)20-7(9(11,12)13)10(14,15)16/h2,7H,1H3,(H2,17,18,19). The molecule has 0 saturated carbocycles. The van der Waals surface area contributed by atoms with E-state index in [2.05, 4.69) is 14.7 Å². The van der Waals surface area contributed by atoms with Gasteiger partial charge in [0.2, 0.25) is 11.8 Å². The SMILES string of the molecule is Cc1cc2c(OC(C(F)(F)F)C(F)(F)F)nc(N)nc2s1. The number of nitrogens with zero attached hydrogens (tertiary/aromatic N) is 2. The van der Waals surface area contributed by atoms with Crippen LogP contribution in [0.15, 0.2) is 6.07 Å². The molecule has 0 spiro atoms. The number of nitrogens with two attached hydrogens (primary N) is 1. The Hall–Kier alpha value is -1.78. The quantitative estimate of drug-likeness (QED) is 0.856. The van der Waals surface area contributed by atoms with E-state index in [1.165, 1.54) is 6.07 Å². The number of halogens is 6. The zero-order chi connectivity index (χ0) is 16.0. The molecule has 116 valence electrons. The minimum absolute atomic E-state index is 0.0507. The van der Waals surface area contributed by atoms with Crippen LogP contribution < -0.4 is 10.5 Å². The highest BCUT2D eigenvalue weighted by molar-refractivity contribution is 7.18. The Morgan fingerprint density at radius 2 is 1.71 bits per heavy atom. The van der Waals surface area contributed by atoms with E-state index in [9.17, 15) is 26.3 Å². The Morgan fingerprint density at radius 3 is 2.24 bits per heavy atom. The summed E-state index contributed by atoms with van der Waals surface area (Å²) in [5, 5.41) is -0.0507. The zero-order valence-corrected chi connectivity index (χ0v) is 11.0. The Balaban J connectivity index is 2.51. The first-order chi connectivity index (χ1) is 9.48. The van der Waals surface area contributed by atoms with E-state index < -0.39 is 30.3 Å². The summed E-state index contributed by atoms with van der Waals surface area (Å²) >= 11 is 1.05. The van der Waals surface area contributed by atoms with Crippen LogP contribution in [0.4, 0.5) is 32.3 Å². The molecule has 0 radical (unpaired) electrons. The first-order valence-corrected chi connectivity index (χ1v) is 6.14. The lowest BCUT2D eigenvalue weighted by Crippen LogP contribution is -2.46. The van der Waals surface area contributed by atoms with Crippen molar-refractivity contribution in [3.8, 4) is 5.88 Å². The molecule has 2 aromatic heterocycles. The van der Waals surface area contributed by atoms with Gasteiger partial charge in [-0.05, 0) is 13.0 Å². The van der Waals surface area contributed by atoms with Gasteiger partial charge in [-0.3, -0.25) is 0 Å². The van der Waals surface area contributed by atoms with E-state index in [1.807, 2.05) is 0 Å². The third-order valence-electron chi connectivity index (χ3n) is 2.32. The minimum Gasteiger partial charge on any atom is -0.454 e. The normalized spacial score (nSPS) is 13.1. The van der Waals surface area contributed by atoms with Crippen LogP contribution in [0.2, 0.25) is 0 Å². The smallest absolute Gasteiger partial charge is 0.434 e. The van der Waals surface area contributed by atoms with Crippen molar-refractivity contribution in [1.29, 1.82) is 0 Å². The van der Waals surface area contributed by atoms with Crippen molar-refractivity contribution in [2.75, 3.05) is 5.73 Å². The van der Waals surface area contributed by atoms with Crippen molar-refractivity contribution in [1.82, 2.24) is 9.97 Å². The van der Waals surface area contributed by atoms with Crippen LogP contribution in [0, 0.1) is 6.92 Å². The van der Waals surface area contributed by atoms with Crippen molar-refractivity contribution in [3.63, 3.8) is 0 Å². The lowest BCUT2D eigenvalue weighted by atomic mass is 10.3. The molecular formula is C10H7F6N3OS. The number of thiophene rings is 1. The van der Waals surface area contributed by atoms with Gasteiger partial charge in [0.25, 0.3) is 6.10 Å². The largest absolute Gasteiger partial charge is 0.454 e. The molecule has 0 unspecified atom stereocenters. The summed E-state index contributed by atoms with van der Waals surface area (Å²) in [6.45, 7) is 1.61. The summed E-state index contributed by atoms with van der Waals surface area (Å²) in [4.78, 5) is 7.83. The molecule has 0 atom stereocenters. The second-order valence-electron chi connectivity index (χ2n) is 4.04. The van der Waals surface area contributed by atoms with Crippen LogP contribution in [0.25, 0.3) is 10.2 Å². The molecule has 2 aromatic rings. The number of hydrogen-bond donors (Lipinski definition) is 1. The number of nitrogen functional groups attached to an aromatic ring is 1. The monoisotopic (exact) mass is 331 g/mol. The number of fused-ring (bicyclic) bond motifs is 1. The number of alkyl halides is 6. The second kappa shape index (κ2) is 4.90. The van der Waals surface area contributed by atoms with Gasteiger partial charge in [0, 0.05) is 4.88 Å². The molecule has 21 heavy (non-hydrogen) atoms. The van der Waals surface area contributed by atoms with Gasteiger partial charge in [-0.1, -0.05) is 0 Å². The molecule has 0 aliphatic carbocycles. The molecule has 0 amide bonds. The fourth-order valence-corrected chi connectivity index (χ4v) is 2.43. The van der Waals surface area contributed by atoms with E-state index in [4.69, 9.17) is 5.73 Å². The van der Waals surface area contributed by atoms with Crippen LogP contribution in [0.5, 0.6) is 5.88 Å². The molecule has 2 rings (SSSR count). The predicted molar refractivity (Wildman–Crippen MR) is 63.1 cm³/mol. The number of anilines is 1. The molecule has 2 N–H and O–H groups in total. The van der Waals surface area contributed by atoms with Crippen LogP contribution in [-0.4, -0.2) is 28.4 Å². The summed E-state index contributed by atoms with van der Waals surface area (Å²) < 4.78 is 79.0. The third kappa shape index (κ3) is 3.28. The van der Waals surface area contributed by atoms with E-state index in [0.29, 0.717) is 4.88 Å². The molecule has 4 nitrogen and oxygen atoms in total. The molecule has 0 bridgehead atoms. The first-order valence-electron chi connectivity index (χ1n) is 5.32. The lowest BCUT2D eigenvalue weighted by Gasteiger charge is -2.23. The average Bonchev–Trinajstić information content (AvgIpc) is 2.62. The minimum atomic E-state index is -5.63. The van der Waals surface area contributed by atoms with Crippen molar-refractivity contribution >= 4 is 27.5 Å². The Labute approximate surface area is 117 Å². The number of aromatic nitrogens is 2. The number of rotatable bonds is 2. The molecule has 2 heterocycles. The first kappa shape index (κ1) is 15.6. The maximum absolute atomic E-state index is 12.5. The summed E-state index contributed by atoms with van der Waals surface area (Å²) in [6.07, 6.45) is -15.2. The Bertz CT molecular complexity index is 651. The molecule has 0 aliphatic heterocycles. The Kier molecular flexibility index (Phi) is 3.64. The van der Waals surface area contributed by atoms with E-state index in [1.54, 1.807) is 6.92 Å². The van der Waals surface area contributed by atoms with Crippen molar-refractivity contribution in [3.05, 3.63) is 10.9 Å². The summed E-state index contributed by atoms with van der Waals surface area (Å²) in [5.41, 5.74) is 5.27. The van der Waals surface area contributed by atoms with E-state index >= 15 is 0 Å². The van der Waals surface area contributed by atoms with Crippen LogP contribution in [0.1, 0.15) is 4.88 Å². The highest BCUT2D eigenvalue weighted by Crippen LogP contribution is 2.38. The van der Waals surface area contributed by atoms with Crippen molar-refractivity contribution in [2.45, 2.75) is 25.4 Å². The Morgan fingerprint density at radius 1 is 1.14 bits per heavy atom. The van der Waals surface area contributed by atoms with Gasteiger partial charge in [0.15, 0.2) is 0 Å². The van der Waals surface area contributed by atoms with E-state index in [0.717, 1.165) is 11.3 Å². The van der Waals surface area contributed by atoms with Crippen molar-refractivity contribution < 1.29 is 31.1 Å². The highest BCUT2D eigenvalue weighted by Gasteiger charge is 2.59. The predicted octanol–water partition coefficient (Wildman–Crippen LogP) is 3.45. The molecule has 0 fully saturated rings. The van der Waals surface area contributed by atoms with Gasteiger partial charge in [-0.25, -0.2) is 4.98 Å². The van der Waals surface area contributed by atoms with E-state index in [-0.39, 0.29) is 10.2 Å². The van der Waals surface area contributed by atoms with Gasteiger partial charge in [-0.15, -0.1) is 11.3 Å². The molecule has 0 aromatic carbocycles. The molecular weight excluding hydrogens is 324 g/mol. The fourth-order valence-electron chi connectivity index (χ4n) is 1.55. The maximum atomic E-state index is 12.5. The van der Waals surface area contributed by atoms with Gasteiger partial charge in [-0.2, -0.15) is 31.3 Å². The zero-order valence-electron chi connectivity index (χ0n) is 10.2. The van der Waals surface area contributed by atoms with Gasteiger partial charge in [0.1, 0.15) is 4.83 Å². The fraction of sp³-hybridized carbons (Fsp3) is 0.400. The van der Waals surface area contributed by atoms with Crippen LogP contribution >= 0.6 is 11.3 Å². The van der Waals surface area contributed by atoms with Crippen LogP contribution in [0.3, 0.4) is 0 Å². The average molecular weight is 331 g/mol. The summed E-state index contributed by atoms with van der Waals surface area (Å²) in [7, 11) is 0. The second-order valence-corrected chi connectivity index (χ2v) is 5.28. The van der Waals surface area contributed by atoms with Crippen molar-refractivity contribution in [2.24, 2.45) is 0 Å². The lowest BCUT2D eigenvalue weighted by molar-refractivity contribution is -0.300. The maximum Gasteiger partial charge on any atom is 0.434 e. The summed E-state index contributed by atoms with van der Waals surface area (Å²) in [6, 6.07) is 1.33. The number of aryl methyl sites for hydroxylation is 1. The highest BCUT2D eigenvalue weighted by atomic mass is 32.1. The number of hydrogen-bond acceptors (Lipinski definition) is 5. The summed E-state index contributed by atoms with van der Waals surface area (Å²) in [5.74, 6) is -1.32. The van der Waals surface area contributed by atoms with Gasteiger partial charge in [0.05, 0.1) is 5.39 Å². The van der Waals surface area contributed by atoms with Gasteiger partial charge >= 0.3 is 12.4 Å². The molecule has 0 saturated heterocycles. The topological polar surface area (TPSA) is 61.0 Å². The number of ether oxygens (including phenoxy) is 1. The van der Waals surface area contributed by atoms with Crippen LogP contribution in [-0.2, 0) is 0 Å². The van der Waals surface area contributed by atoms with Gasteiger partial charge < -0.3 is 10.5 Å². The molecule has 0 aliphatic rings.